The molecule has 2 amide bonds. The fourth-order valence-corrected chi connectivity index (χ4v) is 4.33. The van der Waals surface area contributed by atoms with Crippen LogP contribution in [0.4, 0.5) is 5.69 Å². The minimum atomic E-state index is -3.76. The lowest BCUT2D eigenvalue weighted by molar-refractivity contribution is -0.123. The summed E-state index contributed by atoms with van der Waals surface area (Å²) in [5, 5.41) is 6.78. The minimum absolute atomic E-state index is 0.135. The van der Waals surface area contributed by atoms with Gasteiger partial charge < -0.3 is 14.8 Å². The second-order valence-electron chi connectivity index (χ2n) is 8.29. The Labute approximate surface area is 222 Å². The van der Waals surface area contributed by atoms with Gasteiger partial charge in [-0.15, -0.1) is 0 Å². The van der Waals surface area contributed by atoms with E-state index in [2.05, 4.69) is 15.8 Å². The van der Waals surface area contributed by atoms with Crippen molar-refractivity contribution >= 4 is 33.7 Å². The van der Waals surface area contributed by atoms with Gasteiger partial charge in [0.25, 0.3) is 11.8 Å². The zero-order chi connectivity index (χ0) is 27.5. The summed E-state index contributed by atoms with van der Waals surface area (Å²) in [6, 6.07) is 22.7. The SMILES string of the molecule is COc1ccccc1N(CC(=O)NN=Cc1ccc(OCC(=O)N[C@@H](C)c2ccccc2)cc1)S(C)(=O)=O. The normalized spacial score (nSPS) is 12.0. The molecule has 0 unspecified atom stereocenters. The largest absolute Gasteiger partial charge is 0.495 e. The number of benzene rings is 3. The third-order valence-electron chi connectivity index (χ3n) is 5.37. The molecule has 38 heavy (non-hydrogen) atoms. The molecule has 0 aromatic heterocycles. The first-order chi connectivity index (χ1) is 18.2. The number of nitrogens with zero attached hydrogens (tertiary/aromatic N) is 2. The zero-order valence-electron chi connectivity index (χ0n) is 21.3. The second-order valence-corrected chi connectivity index (χ2v) is 10.2. The summed E-state index contributed by atoms with van der Waals surface area (Å²) >= 11 is 0. The first kappa shape index (κ1) is 28.2. The molecule has 0 fully saturated rings. The average molecular weight is 539 g/mol. The molecule has 200 valence electrons. The smallest absolute Gasteiger partial charge is 0.260 e. The summed E-state index contributed by atoms with van der Waals surface area (Å²) in [7, 11) is -2.34. The number of hydrogen-bond donors (Lipinski definition) is 2. The van der Waals surface area contributed by atoms with Crippen molar-refractivity contribution in [3.8, 4) is 11.5 Å². The van der Waals surface area contributed by atoms with Crippen LogP contribution in [-0.4, -0.2) is 53.0 Å². The third-order valence-corrected chi connectivity index (χ3v) is 6.50. The van der Waals surface area contributed by atoms with Crippen LogP contribution in [0.1, 0.15) is 24.1 Å². The number of anilines is 1. The Balaban J connectivity index is 1.50. The molecule has 2 N–H and O–H groups in total. The van der Waals surface area contributed by atoms with Gasteiger partial charge in [-0.1, -0.05) is 42.5 Å². The molecule has 3 rings (SSSR count). The van der Waals surface area contributed by atoms with Gasteiger partial charge in [0.1, 0.15) is 18.0 Å². The van der Waals surface area contributed by atoms with E-state index in [0.29, 0.717) is 17.1 Å². The maximum absolute atomic E-state index is 12.4. The molecule has 0 spiro atoms. The number of ether oxygens (including phenoxy) is 2. The van der Waals surface area contributed by atoms with E-state index < -0.39 is 22.5 Å². The molecule has 1 atom stereocenters. The van der Waals surface area contributed by atoms with E-state index in [1.165, 1.54) is 13.3 Å². The fourth-order valence-electron chi connectivity index (χ4n) is 3.47. The summed E-state index contributed by atoms with van der Waals surface area (Å²) in [6.45, 7) is 1.29. The number of carbonyl (C=O) groups excluding carboxylic acids is 2. The minimum Gasteiger partial charge on any atom is -0.495 e. The van der Waals surface area contributed by atoms with E-state index in [1.54, 1.807) is 48.5 Å². The Bertz CT molecular complexity index is 1360. The quantitative estimate of drug-likeness (QED) is 0.270. The van der Waals surface area contributed by atoms with Gasteiger partial charge in [-0.25, -0.2) is 13.8 Å². The van der Waals surface area contributed by atoms with Crippen molar-refractivity contribution in [3.63, 3.8) is 0 Å². The van der Waals surface area contributed by atoms with E-state index >= 15 is 0 Å². The van der Waals surface area contributed by atoms with Crippen LogP contribution in [0.15, 0.2) is 84.0 Å². The molecule has 0 saturated heterocycles. The number of hydrazone groups is 1. The molecular weight excluding hydrogens is 508 g/mol. The van der Waals surface area contributed by atoms with E-state index in [-0.39, 0.29) is 24.2 Å². The molecule has 0 bridgehead atoms. The van der Waals surface area contributed by atoms with E-state index in [4.69, 9.17) is 9.47 Å². The first-order valence-corrected chi connectivity index (χ1v) is 13.5. The Morgan fingerprint density at radius 3 is 2.29 bits per heavy atom. The van der Waals surface area contributed by atoms with Crippen LogP contribution < -0.4 is 24.5 Å². The van der Waals surface area contributed by atoms with Crippen molar-refractivity contribution in [1.29, 1.82) is 0 Å². The number of carbonyl (C=O) groups is 2. The number of rotatable bonds is 12. The zero-order valence-corrected chi connectivity index (χ0v) is 22.1. The molecule has 0 saturated carbocycles. The number of sulfonamides is 1. The number of nitrogens with one attached hydrogen (secondary N) is 2. The van der Waals surface area contributed by atoms with Crippen LogP contribution in [-0.2, 0) is 19.6 Å². The molecule has 3 aromatic rings. The maximum Gasteiger partial charge on any atom is 0.260 e. The standard InChI is InChI=1S/C27H30N4O6S/c1-20(22-9-5-4-6-10-22)29-27(33)19-37-23-15-13-21(14-16-23)17-28-30-26(32)18-31(38(3,34)35)24-11-7-8-12-25(24)36-2/h4-17,20H,18-19H2,1-3H3,(H,29,33)(H,30,32)/t20-/m0/s1. The van der Waals surface area contributed by atoms with Gasteiger partial charge in [0.2, 0.25) is 10.0 Å². The molecule has 0 aliphatic heterocycles. The van der Waals surface area contributed by atoms with E-state index in [9.17, 15) is 18.0 Å². The molecule has 0 heterocycles. The highest BCUT2D eigenvalue weighted by molar-refractivity contribution is 7.92. The van der Waals surface area contributed by atoms with Gasteiger partial charge >= 0.3 is 0 Å². The Morgan fingerprint density at radius 2 is 1.63 bits per heavy atom. The summed E-state index contributed by atoms with van der Waals surface area (Å²) in [6.07, 6.45) is 2.41. The highest BCUT2D eigenvalue weighted by Gasteiger charge is 2.23. The highest BCUT2D eigenvalue weighted by Crippen LogP contribution is 2.29. The summed E-state index contributed by atoms with van der Waals surface area (Å²) in [4.78, 5) is 24.6. The van der Waals surface area contributed by atoms with Crippen LogP contribution in [0.25, 0.3) is 0 Å². The molecule has 10 nitrogen and oxygen atoms in total. The van der Waals surface area contributed by atoms with Crippen molar-refractivity contribution in [2.75, 3.05) is 30.8 Å². The van der Waals surface area contributed by atoms with Crippen LogP contribution in [0.3, 0.4) is 0 Å². The monoisotopic (exact) mass is 538 g/mol. The van der Waals surface area contributed by atoms with Crippen LogP contribution in [0, 0.1) is 0 Å². The van der Waals surface area contributed by atoms with Gasteiger partial charge in [-0.2, -0.15) is 5.10 Å². The van der Waals surface area contributed by atoms with Gasteiger partial charge in [0, 0.05) is 0 Å². The number of hydrogen-bond acceptors (Lipinski definition) is 7. The Hall–Kier alpha value is -4.38. The van der Waals surface area contributed by atoms with Crippen LogP contribution >= 0.6 is 0 Å². The van der Waals surface area contributed by atoms with Gasteiger partial charge in [0.15, 0.2) is 6.61 Å². The molecular formula is C27H30N4O6S. The molecule has 0 aliphatic carbocycles. The molecule has 0 aliphatic rings. The van der Waals surface area contributed by atoms with Crippen LogP contribution in [0.2, 0.25) is 0 Å². The fraction of sp³-hybridized carbons (Fsp3) is 0.222. The van der Waals surface area contributed by atoms with Crippen molar-refractivity contribution in [2.24, 2.45) is 5.10 Å². The average Bonchev–Trinajstić information content (AvgIpc) is 2.91. The first-order valence-electron chi connectivity index (χ1n) is 11.7. The predicted octanol–water partition coefficient (Wildman–Crippen LogP) is 2.87. The predicted molar refractivity (Wildman–Crippen MR) is 146 cm³/mol. The Kier molecular flexibility index (Phi) is 9.83. The summed E-state index contributed by atoms with van der Waals surface area (Å²) < 4.78 is 36.3. The lowest BCUT2D eigenvalue weighted by Gasteiger charge is -2.23. The molecule has 11 heteroatoms. The third kappa shape index (κ3) is 8.34. The second kappa shape index (κ2) is 13.2. The van der Waals surface area contributed by atoms with E-state index in [0.717, 1.165) is 16.1 Å². The lowest BCUT2D eigenvalue weighted by Crippen LogP contribution is -2.39. The Morgan fingerprint density at radius 1 is 0.974 bits per heavy atom. The highest BCUT2D eigenvalue weighted by atomic mass is 32.2. The lowest BCUT2D eigenvalue weighted by atomic mass is 10.1. The van der Waals surface area contributed by atoms with Crippen molar-refractivity contribution in [1.82, 2.24) is 10.7 Å². The van der Waals surface area contributed by atoms with Gasteiger partial charge in [-0.05, 0) is 54.4 Å². The molecule has 0 radical (unpaired) electrons. The number of methoxy groups -OCH3 is 1. The topological polar surface area (TPSA) is 126 Å². The van der Waals surface area contributed by atoms with Gasteiger partial charge in [0.05, 0.1) is 31.3 Å². The maximum atomic E-state index is 12.4. The molecule has 3 aromatic carbocycles. The summed E-state index contributed by atoms with van der Waals surface area (Å²) in [5.41, 5.74) is 4.23. The van der Waals surface area contributed by atoms with Gasteiger partial charge in [-0.3, -0.25) is 13.9 Å². The van der Waals surface area contributed by atoms with Crippen molar-refractivity contribution in [3.05, 3.63) is 90.0 Å². The van der Waals surface area contributed by atoms with Crippen molar-refractivity contribution < 1.29 is 27.5 Å². The summed E-state index contributed by atoms with van der Waals surface area (Å²) in [5.74, 6) is -0.0618. The van der Waals surface area contributed by atoms with Crippen molar-refractivity contribution in [2.45, 2.75) is 13.0 Å². The van der Waals surface area contributed by atoms with E-state index in [1.807, 2.05) is 37.3 Å². The number of amides is 2. The van der Waals surface area contributed by atoms with Crippen LogP contribution in [0.5, 0.6) is 11.5 Å². The number of para-hydroxylation sites is 2.